The fraction of sp³-hybridized carbons (Fsp3) is 0.235. The predicted octanol–water partition coefficient (Wildman–Crippen LogP) is 2.19. The molecule has 0 atom stereocenters. The zero-order valence-electron chi connectivity index (χ0n) is 15.3. The third-order valence-electron chi connectivity index (χ3n) is 3.72. The quantitative estimate of drug-likeness (QED) is 0.574. The SMILES string of the molecule is Cl.NCc1cc(Oc2cccc(C(=O)NCCn3cnnn3)c2)nc(C(F)(F)F)c1. The summed E-state index contributed by atoms with van der Waals surface area (Å²) in [4.78, 5) is 15.7. The van der Waals surface area contributed by atoms with E-state index in [0.29, 0.717) is 6.54 Å². The summed E-state index contributed by atoms with van der Waals surface area (Å²) in [6.45, 7) is 0.556. The van der Waals surface area contributed by atoms with Crippen molar-refractivity contribution < 1.29 is 22.7 Å². The number of aromatic nitrogens is 5. The average molecular weight is 444 g/mol. The Balaban J connectivity index is 0.00000320. The first-order chi connectivity index (χ1) is 13.8. The van der Waals surface area contributed by atoms with Crippen LogP contribution in [0.1, 0.15) is 21.6 Å². The maximum absolute atomic E-state index is 13.0. The first-order valence-corrected chi connectivity index (χ1v) is 8.40. The van der Waals surface area contributed by atoms with Gasteiger partial charge in [0.15, 0.2) is 0 Å². The molecule has 2 aromatic heterocycles. The van der Waals surface area contributed by atoms with Gasteiger partial charge in [-0.3, -0.25) is 4.79 Å². The van der Waals surface area contributed by atoms with E-state index in [2.05, 4.69) is 25.8 Å². The number of rotatable bonds is 7. The van der Waals surface area contributed by atoms with Crippen LogP contribution in [0.15, 0.2) is 42.7 Å². The molecule has 0 fully saturated rings. The van der Waals surface area contributed by atoms with Crippen molar-refractivity contribution in [1.29, 1.82) is 0 Å². The van der Waals surface area contributed by atoms with Gasteiger partial charge >= 0.3 is 6.18 Å². The number of nitrogens with two attached hydrogens (primary N) is 1. The summed E-state index contributed by atoms with van der Waals surface area (Å²) in [5, 5.41) is 13.3. The van der Waals surface area contributed by atoms with E-state index < -0.39 is 11.9 Å². The molecule has 3 N–H and O–H groups in total. The summed E-state index contributed by atoms with van der Waals surface area (Å²) in [6, 6.07) is 8.17. The number of pyridine rings is 1. The molecule has 2 heterocycles. The minimum absolute atomic E-state index is 0. The Morgan fingerprint density at radius 1 is 1.23 bits per heavy atom. The summed E-state index contributed by atoms with van der Waals surface area (Å²) < 4.78 is 45.8. The van der Waals surface area contributed by atoms with Crippen LogP contribution in [0.2, 0.25) is 0 Å². The normalized spacial score (nSPS) is 10.9. The van der Waals surface area contributed by atoms with Crippen LogP contribution in [-0.4, -0.2) is 37.6 Å². The first kappa shape index (κ1) is 23.0. The number of nitrogens with one attached hydrogen (secondary N) is 1. The van der Waals surface area contributed by atoms with E-state index in [1.165, 1.54) is 29.2 Å². The lowest BCUT2D eigenvalue weighted by Crippen LogP contribution is -2.27. The van der Waals surface area contributed by atoms with Crippen LogP contribution in [0.3, 0.4) is 0 Å². The minimum Gasteiger partial charge on any atom is -0.439 e. The number of halogens is 4. The lowest BCUT2D eigenvalue weighted by molar-refractivity contribution is -0.141. The highest BCUT2D eigenvalue weighted by molar-refractivity contribution is 5.94. The van der Waals surface area contributed by atoms with Crippen molar-refractivity contribution in [3.63, 3.8) is 0 Å². The molecule has 0 saturated heterocycles. The van der Waals surface area contributed by atoms with E-state index in [-0.39, 0.29) is 54.2 Å². The summed E-state index contributed by atoms with van der Waals surface area (Å²) in [5.74, 6) is -0.493. The van der Waals surface area contributed by atoms with Gasteiger partial charge < -0.3 is 15.8 Å². The van der Waals surface area contributed by atoms with E-state index in [9.17, 15) is 18.0 Å². The number of hydrogen-bond acceptors (Lipinski definition) is 7. The van der Waals surface area contributed by atoms with Crippen molar-refractivity contribution >= 4 is 18.3 Å². The monoisotopic (exact) mass is 443 g/mol. The largest absolute Gasteiger partial charge is 0.439 e. The molecule has 0 spiro atoms. The smallest absolute Gasteiger partial charge is 0.433 e. The summed E-state index contributed by atoms with van der Waals surface area (Å²) in [6.07, 6.45) is -3.22. The number of nitrogens with zero attached hydrogens (tertiary/aromatic N) is 5. The van der Waals surface area contributed by atoms with Crippen LogP contribution < -0.4 is 15.8 Å². The van der Waals surface area contributed by atoms with E-state index in [0.717, 1.165) is 6.07 Å². The molecule has 3 aromatic rings. The molecule has 0 saturated carbocycles. The summed E-state index contributed by atoms with van der Waals surface area (Å²) >= 11 is 0. The standard InChI is InChI=1S/C17H16F3N7O2.ClH/c18-17(19,20)14-6-11(9-21)7-15(24-14)29-13-3-1-2-12(8-13)16(28)22-4-5-27-10-23-25-26-27;/h1-3,6-8,10H,4-5,9,21H2,(H,22,28);1H. The van der Waals surface area contributed by atoms with Crippen molar-refractivity contribution in [2.45, 2.75) is 19.3 Å². The fourth-order valence-corrected chi connectivity index (χ4v) is 2.36. The highest BCUT2D eigenvalue weighted by Crippen LogP contribution is 2.31. The highest BCUT2D eigenvalue weighted by Gasteiger charge is 2.33. The third-order valence-corrected chi connectivity index (χ3v) is 3.72. The van der Waals surface area contributed by atoms with Crippen LogP contribution in [0.4, 0.5) is 13.2 Å². The predicted molar refractivity (Wildman–Crippen MR) is 101 cm³/mol. The van der Waals surface area contributed by atoms with Gasteiger partial charge in [-0.05, 0) is 40.3 Å². The molecule has 0 aliphatic carbocycles. The Labute approximate surface area is 174 Å². The second-order valence-corrected chi connectivity index (χ2v) is 5.86. The molecule has 0 aliphatic rings. The number of carbonyl (C=O) groups is 1. The van der Waals surface area contributed by atoms with Gasteiger partial charge in [-0.1, -0.05) is 6.07 Å². The van der Waals surface area contributed by atoms with E-state index in [1.54, 1.807) is 12.1 Å². The Kier molecular flexibility index (Phi) is 7.66. The van der Waals surface area contributed by atoms with Gasteiger partial charge in [0.05, 0.1) is 6.54 Å². The lowest BCUT2D eigenvalue weighted by Gasteiger charge is -2.12. The molecule has 0 aliphatic heterocycles. The number of carbonyl (C=O) groups excluding carboxylic acids is 1. The molecule has 1 amide bonds. The zero-order valence-corrected chi connectivity index (χ0v) is 16.2. The van der Waals surface area contributed by atoms with Crippen LogP contribution in [0.25, 0.3) is 0 Å². The lowest BCUT2D eigenvalue weighted by atomic mass is 10.2. The van der Waals surface area contributed by atoms with Gasteiger partial charge in [0, 0.05) is 24.7 Å². The molecule has 0 radical (unpaired) electrons. The van der Waals surface area contributed by atoms with Gasteiger partial charge in [-0.15, -0.1) is 17.5 Å². The second kappa shape index (κ2) is 9.98. The van der Waals surface area contributed by atoms with Crippen molar-refractivity contribution in [1.82, 2.24) is 30.5 Å². The average Bonchev–Trinajstić information content (AvgIpc) is 3.20. The van der Waals surface area contributed by atoms with Gasteiger partial charge in [0.2, 0.25) is 5.88 Å². The maximum atomic E-state index is 13.0. The molecule has 1 aromatic carbocycles. The molecular formula is C17H17ClF3N7O2. The van der Waals surface area contributed by atoms with Crippen LogP contribution in [-0.2, 0) is 19.3 Å². The Bertz CT molecular complexity index is 984. The number of tetrazole rings is 1. The molecule has 0 unspecified atom stereocenters. The van der Waals surface area contributed by atoms with Crippen LogP contribution in [0.5, 0.6) is 11.6 Å². The highest BCUT2D eigenvalue weighted by atomic mass is 35.5. The van der Waals surface area contributed by atoms with Crippen molar-refractivity contribution in [2.75, 3.05) is 6.54 Å². The third kappa shape index (κ3) is 6.12. The molecule has 30 heavy (non-hydrogen) atoms. The zero-order chi connectivity index (χ0) is 20.9. The first-order valence-electron chi connectivity index (χ1n) is 8.40. The molecule has 3 rings (SSSR count). The number of hydrogen-bond donors (Lipinski definition) is 2. The molecular weight excluding hydrogens is 427 g/mol. The maximum Gasteiger partial charge on any atom is 0.433 e. The molecule has 13 heteroatoms. The second-order valence-electron chi connectivity index (χ2n) is 5.86. The van der Waals surface area contributed by atoms with Crippen LogP contribution in [0, 0.1) is 0 Å². The number of benzene rings is 1. The van der Waals surface area contributed by atoms with Crippen molar-refractivity contribution in [3.05, 3.63) is 59.5 Å². The van der Waals surface area contributed by atoms with Crippen LogP contribution >= 0.6 is 12.4 Å². The Morgan fingerprint density at radius 3 is 2.70 bits per heavy atom. The van der Waals surface area contributed by atoms with Gasteiger partial charge in [-0.2, -0.15) is 13.2 Å². The molecule has 160 valence electrons. The Hall–Kier alpha value is -3.25. The van der Waals surface area contributed by atoms with Crippen molar-refractivity contribution in [2.24, 2.45) is 5.73 Å². The minimum atomic E-state index is -4.63. The number of amides is 1. The van der Waals surface area contributed by atoms with Gasteiger partial charge in [0.25, 0.3) is 5.91 Å². The van der Waals surface area contributed by atoms with Gasteiger partial charge in [-0.25, -0.2) is 9.67 Å². The number of ether oxygens (including phenoxy) is 1. The van der Waals surface area contributed by atoms with Gasteiger partial charge in [0.1, 0.15) is 17.8 Å². The fourth-order valence-electron chi connectivity index (χ4n) is 2.36. The van der Waals surface area contributed by atoms with Crippen molar-refractivity contribution in [3.8, 4) is 11.6 Å². The summed E-state index contributed by atoms with van der Waals surface area (Å²) in [7, 11) is 0. The van der Waals surface area contributed by atoms with E-state index >= 15 is 0 Å². The Morgan fingerprint density at radius 2 is 2.03 bits per heavy atom. The van der Waals surface area contributed by atoms with E-state index in [1.807, 2.05) is 0 Å². The topological polar surface area (TPSA) is 121 Å². The van der Waals surface area contributed by atoms with E-state index in [4.69, 9.17) is 10.5 Å². The molecule has 9 nitrogen and oxygen atoms in total. The number of alkyl halides is 3. The summed E-state index contributed by atoms with van der Waals surface area (Å²) in [5.41, 5.74) is 4.84. The molecule has 0 bridgehead atoms.